The summed E-state index contributed by atoms with van der Waals surface area (Å²) in [5.74, 6) is 0.904. The van der Waals surface area contributed by atoms with Gasteiger partial charge in [-0.1, -0.05) is 48.6 Å². The molecule has 29 heavy (non-hydrogen) atoms. The second-order valence-corrected chi connectivity index (χ2v) is 8.16. The van der Waals surface area contributed by atoms with E-state index in [1.54, 1.807) is 11.3 Å². The lowest BCUT2D eigenvalue weighted by atomic mass is 10.1. The average Bonchev–Trinajstić information content (AvgIpc) is 3.10. The number of hydrogen-bond donors (Lipinski definition) is 0. The maximum Gasteiger partial charge on any atom is 0.120 e. The first-order chi connectivity index (χ1) is 13.9. The molecule has 0 atom stereocenters. The maximum absolute atomic E-state index is 5.90. The summed E-state index contributed by atoms with van der Waals surface area (Å²) >= 11 is 1.73. The van der Waals surface area contributed by atoms with E-state index in [1.807, 2.05) is 36.7 Å². The van der Waals surface area contributed by atoms with Gasteiger partial charge in [0, 0.05) is 4.88 Å². The molecule has 0 radical (unpaired) electrons. The molecule has 0 unspecified atom stereocenters. The Morgan fingerprint density at radius 3 is 2.52 bits per heavy atom. The Morgan fingerprint density at radius 2 is 1.90 bits per heavy atom. The molecule has 152 valence electrons. The van der Waals surface area contributed by atoms with Crippen LogP contribution in [0.2, 0.25) is 0 Å². The molecule has 0 N–H and O–H groups in total. The summed E-state index contributed by atoms with van der Waals surface area (Å²) in [6.45, 7) is 16.5. The van der Waals surface area contributed by atoms with Gasteiger partial charge in [-0.2, -0.15) is 0 Å². The Labute approximate surface area is 179 Å². The standard InChI is InChI=1S/C18H20O.C8H11NS/c1-13(2)17-9-14(3)10-18(11-17)19-12-16-8-6-5-7-15(16)4;1-3-4-5-8-7(2)9-6-10-8/h5-11H,1,12H2,2-4H3;3,6H,1,4-5H2,2H3. The number of allylic oxidation sites excluding steroid dienone is 2. The third kappa shape index (κ3) is 7.35. The highest BCUT2D eigenvalue weighted by atomic mass is 32.1. The van der Waals surface area contributed by atoms with Gasteiger partial charge in [0.25, 0.3) is 0 Å². The van der Waals surface area contributed by atoms with Crippen molar-refractivity contribution in [2.75, 3.05) is 0 Å². The second kappa shape index (κ2) is 11.4. The molecule has 2 aromatic carbocycles. The molecular weight excluding hydrogens is 374 g/mol. The van der Waals surface area contributed by atoms with Crippen LogP contribution in [0.25, 0.3) is 5.57 Å². The van der Waals surface area contributed by atoms with Gasteiger partial charge in [-0.15, -0.1) is 17.9 Å². The van der Waals surface area contributed by atoms with Crippen molar-refractivity contribution >= 4 is 16.9 Å². The Kier molecular flexibility index (Phi) is 8.88. The number of ether oxygens (including phenoxy) is 1. The molecule has 3 rings (SSSR count). The number of hydrogen-bond acceptors (Lipinski definition) is 3. The summed E-state index contributed by atoms with van der Waals surface area (Å²) < 4.78 is 5.90. The quantitative estimate of drug-likeness (QED) is 0.380. The Hall–Kier alpha value is -2.65. The third-order valence-corrected chi connectivity index (χ3v) is 5.61. The molecule has 3 aromatic rings. The van der Waals surface area contributed by atoms with Crippen molar-refractivity contribution in [1.29, 1.82) is 0 Å². The molecule has 1 heterocycles. The molecule has 0 aliphatic rings. The van der Waals surface area contributed by atoms with Gasteiger partial charge in [-0.25, -0.2) is 4.98 Å². The normalized spacial score (nSPS) is 10.1. The molecule has 0 aliphatic carbocycles. The van der Waals surface area contributed by atoms with Gasteiger partial charge in [0.1, 0.15) is 12.4 Å². The average molecular weight is 406 g/mol. The highest BCUT2D eigenvalue weighted by Crippen LogP contribution is 2.22. The first kappa shape index (κ1) is 22.6. The van der Waals surface area contributed by atoms with Crippen LogP contribution >= 0.6 is 11.3 Å². The zero-order valence-electron chi connectivity index (χ0n) is 18.0. The Balaban J connectivity index is 0.000000253. The van der Waals surface area contributed by atoms with E-state index in [-0.39, 0.29) is 0 Å². The molecule has 0 spiro atoms. The van der Waals surface area contributed by atoms with E-state index in [0.29, 0.717) is 6.61 Å². The van der Waals surface area contributed by atoms with E-state index in [2.05, 4.69) is 63.2 Å². The van der Waals surface area contributed by atoms with Crippen LogP contribution in [0.15, 0.2) is 67.2 Å². The van der Waals surface area contributed by atoms with Crippen LogP contribution in [0.3, 0.4) is 0 Å². The van der Waals surface area contributed by atoms with Crippen molar-refractivity contribution in [3.05, 3.63) is 100 Å². The van der Waals surface area contributed by atoms with Crippen molar-refractivity contribution < 1.29 is 4.74 Å². The fourth-order valence-corrected chi connectivity index (χ4v) is 3.61. The van der Waals surface area contributed by atoms with Gasteiger partial charge in [-0.05, 0) is 74.9 Å². The van der Waals surface area contributed by atoms with Gasteiger partial charge in [0.05, 0.1) is 11.2 Å². The number of aryl methyl sites for hydroxylation is 4. The summed E-state index contributed by atoms with van der Waals surface area (Å²) in [4.78, 5) is 5.54. The van der Waals surface area contributed by atoms with Crippen molar-refractivity contribution in [2.45, 2.75) is 47.1 Å². The van der Waals surface area contributed by atoms with E-state index < -0.39 is 0 Å². The van der Waals surface area contributed by atoms with Gasteiger partial charge < -0.3 is 4.74 Å². The minimum Gasteiger partial charge on any atom is -0.489 e. The lowest BCUT2D eigenvalue weighted by molar-refractivity contribution is 0.305. The van der Waals surface area contributed by atoms with Crippen LogP contribution in [0.1, 0.15) is 46.2 Å². The van der Waals surface area contributed by atoms with Crippen molar-refractivity contribution in [2.24, 2.45) is 0 Å². The highest BCUT2D eigenvalue weighted by Gasteiger charge is 2.03. The third-order valence-electron chi connectivity index (χ3n) is 4.62. The molecule has 0 saturated carbocycles. The minimum atomic E-state index is 0.603. The first-order valence-electron chi connectivity index (χ1n) is 9.85. The van der Waals surface area contributed by atoms with E-state index in [0.717, 1.165) is 29.7 Å². The van der Waals surface area contributed by atoms with Gasteiger partial charge in [0.2, 0.25) is 0 Å². The van der Waals surface area contributed by atoms with Crippen LogP contribution in [0.4, 0.5) is 0 Å². The number of nitrogens with zero attached hydrogens (tertiary/aromatic N) is 1. The summed E-state index contributed by atoms with van der Waals surface area (Å²) in [6.07, 6.45) is 4.10. The number of rotatable bonds is 7. The fourth-order valence-electron chi connectivity index (χ4n) is 2.81. The van der Waals surface area contributed by atoms with Crippen LogP contribution < -0.4 is 4.74 Å². The predicted octanol–water partition coefficient (Wildman–Crippen LogP) is 7.49. The van der Waals surface area contributed by atoms with Crippen LogP contribution in [-0.4, -0.2) is 4.98 Å². The predicted molar refractivity (Wildman–Crippen MR) is 127 cm³/mol. The molecule has 0 amide bonds. The monoisotopic (exact) mass is 405 g/mol. The minimum absolute atomic E-state index is 0.603. The zero-order valence-corrected chi connectivity index (χ0v) is 18.8. The summed E-state index contributed by atoms with van der Waals surface area (Å²) in [6, 6.07) is 14.5. The van der Waals surface area contributed by atoms with E-state index in [9.17, 15) is 0 Å². The molecular formula is C26H31NOS. The Bertz CT molecular complexity index is 955. The summed E-state index contributed by atoms with van der Waals surface area (Å²) in [7, 11) is 0. The lowest BCUT2D eigenvalue weighted by Crippen LogP contribution is -1.98. The van der Waals surface area contributed by atoms with Gasteiger partial charge >= 0.3 is 0 Å². The van der Waals surface area contributed by atoms with E-state index in [4.69, 9.17) is 4.74 Å². The zero-order chi connectivity index (χ0) is 21.2. The van der Waals surface area contributed by atoms with E-state index >= 15 is 0 Å². The SMILES string of the molecule is C=C(C)c1cc(C)cc(OCc2ccccc2C)c1.C=CCCc1scnc1C. The Morgan fingerprint density at radius 1 is 1.14 bits per heavy atom. The van der Waals surface area contributed by atoms with Gasteiger partial charge in [-0.3, -0.25) is 0 Å². The van der Waals surface area contributed by atoms with Crippen molar-refractivity contribution in [3.8, 4) is 5.75 Å². The molecule has 0 aliphatic heterocycles. The second-order valence-electron chi connectivity index (χ2n) is 7.22. The number of thiazole rings is 1. The van der Waals surface area contributed by atoms with Crippen LogP contribution in [0, 0.1) is 20.8 Å². The topological polar surface area (TPSA) is 22.1 Å². The maximum atomic E-state index is 5.90. The number of benzene rings is 2. The first-order valence-corrected chi connectivity index (χ1v) is 10.7. The molecule has 0 saturated heterocycles. The van der Waals surface area contributed by atoms with Crippen molar-refractivity contribution in [3.63, 3.8) is 0 Å². The van der Waals surface area contributed by atoms with E-state index in [1.165, 1.54) is 27.3 Å². The largest absolute Gasteiger partial charge is 0.489 e. The molecule has 1 aromatic heterocycles. The summed E-state index contributed by atoms with van der Waals surface area (Å²) in [5, 5.41) is 0. The van der Waals surface area contributed by atoms with Gasteiger partial charge in [0.15, 0.2) is 0 Å². The molecule has 0 bridgehead atoms. The fraction of sp³-hybridized carbons (Fsp3) is 0.269. The molecule has 3 heteroatoms. The summed E-state index contributed by atoms with van der Waals surface area (Å²) in [5.41, 5.74) is 8.95. The highest BCUT2D eigenvalue weighted by molar-refractivity contribution is 7.09. The smallest absolute Gasteiger partial charge is 0.120 e. The van der Waals surface area contributed by atoms with Crippen LogP contribution in [0.5, 0.6) is 5.75 Å². The lowest BCUT2D eigenvalue weighted by Gasteiger charge is -2.11. The van der Waals surface area contributed by atoms with Crippen LogP contribution in [-0.2, 0) is 13.0 Å². The van der Waals surface area contributed by atoms with Crippen molar-refractivity contribution in [1.82, 2.24) is 4.98 Å². The molecule has 2 nitrogen and oxygen atoms in total. The number of aromatic nitrogens is 1. The molecule has 0 fully saturated rings.